The summed E-state index contributed by atoms with van der Waals surface area (Å²) in [5.74, 6) is -0.929. The number of nitrogens with one attached hydrogen (secondary N) is 1. The molecule has 0 saturated heterocycles. The zero-order chi connectivity index (χ0) is 33.6. The fourth-order valence-electron chi connectivity index (χ4n) is 5.43. The van der Waals surface area contributed by atoms with Crippen molar-refractivity contribution in [2.75, 3.05) is 18.0 Å². The van der Waals surface area contributed by atoms with Crippen LogP contribution in [-0.2, 0) is 26.2 Å². The van der Waals surface area contributed by atoms with Crippen molar-refractivity contribution in [3.63, 3.8) is 0 Å². The van der Waals surface area contributed by atoms with Gasteiger partial charge in [0.1, 0.15) is 18.3 Å². The molecule has 4 rings (SSSR count). The first kappa shape index (κ1) is 35.2. The monoisotopic (exact) mass is 734 g/mol. The molecule has 14 heteroatoms. The molecule has 0 spiro atoms. The highest BCUT2D eigenvalue weighted by Gasteiger charge is 2.35. The highest BCUT2D eigenvalue weighted by atomic mass is 79.9. The number of anilines is 1. The van der Waals surface area contributed by atoms with E-state index in [9.17, 15) is 28.1 Å². The Kier molecular flexibility index (Phi) is 11.7. The number of halogens is 2. The second-order valence-corrected chi connectivity index (χ2v) is 14.4. The van der Waals surface area contributed by atoms with Gasteiger partial charge in [0.25, 0.3) is 15.7 Å². The SMILES string of the molecule is COc1ccc(Cl)cc1N(CC(=O)N(Cc1cccc(Br)c1)[C@H](C)C(=O)NC1CCCCC1)S(=O)(=O)c1ccc(C)c([N+](=O)[O-])c1. The molecular weight excluding hydrogens is 700 g/mol. The van der Waals surface area contributed by atoms with Crippen LogP contribution in [0, 0.1) is 17.0 Å². The average molecular weight is 736 g/mol. The number of nitro groups is 1. The number of sulfonamides is 1. The molecule has 1 saturated carbocycles. The van der Waals surface area contributed by atoms with Gasteiger partial charge < -0.3 is 15.0 Å². The van der Waals surface area contributed by atoms with Gasteiger partial charge in [0, 0.05) is 33.7 Å². The first-order valence-electron chi connectivity index (χ1n) is 14.8. The van der Waals surface area contributed by atoms with Crippen LogP contribution >= 0.6 is 27.5 Å². The number of carbonyl (C=O) groups excluding carboxylic acids is 2. The molecule has 2 amide bonds. The summed E-state index contributed by atoms with van der Waals surface area (Å²) in [6.45, 7) is 2.36. The Labute approximate surface area is 282 Å². The van der Waals surface area contributed by atoms with E-state index in [-0.39, 0.29) is 40.5 Å². The molecular formula is C32H36BrClN4O7S. The first-order chi connectivity index (χ1) is 21.8. The predicted molar refractivity (Wildman–Crippen MR) is 180 cm³/mol. The molecule has 0 aromatic heterocycles. The van der Waals surface area contributed by atoms with Crippen LogP contribution in [0.2, 0.25) is 5.02 Å². The van der Waals surface area contributed by atoms with E-state index in [0.29, 0.717) is 5.56 Å². The quantitative estimate of drug-likeness (QED) is 0.168. The summed E-state index contributed by atoms with van der Waals surface area (Å²) in [7, 11) is -3.28. The Balaban J connectivity index is 1.78. The van der Waals surface area contributed by atoms with E-state index in [0.717, 1.165) is 46.9 Å². The predicted octanol–water partition coefficient (Wildman–Crippen LogP) is 6.39. The van der Waals surface area contributed by atoms with Gasteiger partial charge in [-0.1, -0.05) is 65.0 Å². The number of rotatable bonds is 12. The van der Waals surface area contributed by atoms with Crippen molar-refractivity contribution in [3.05, 3.63) is 91.4 Å². The van der Waals surface area contributed by atoms with Crippen LogP contribution in [0.3, 0.4) is 0 Å². The van der Waals surface area contributed by atoms with Gasteiger partial charge in [0.2, 0.25) is 11.8 Å². The van der Waals surface area contributed by atoms with E-state index in [1.54, 1.807) is 19.1 Å². The fourth-order valence-corrected chi connectivity index (χ4v) is 7.48. The van der Waals surface area contributed by atoms with Gasteiger partial charge in [-0.05, 0) is 68.7 Å². The summed E-state index contributed by atoms with van der Waals surface area (Å²) in [5, 5.41) is 14.9. The number of hydrogen-bond donors (Lipinski definition) is 1. The standard InChI is InChI=1S/C32H36BrClN4O7S/c1-21-12-14-27(18-28(21)38(41)42)46(43,44)37(29-17-25(34)13-15-30(29)45-3)20-31(39)36(19-23-8-7-9-24(33)16-23)22(2)32(40)35-26-10-5-4-6-11-26/h7-9,12-18,22,26H,4-6,10-11,19-20H2,1-3H3,(H,35,40)/t22-/m1/s1. The van der Waals surface area contributed by atoms with E-state index < -0.39 is 44.0 Å². The minimum atomic E-state index is -4.62. The molecule has 246 valence electrons. The molecule has 1 fully saturated rings. The number of hydrogen-bond acceptors (Lipinski definition) is 7. The van der Waals surface area contributed by atoms with Crippen molar-refractivity contribution >= 4 is 60.7 Å². The number of aryl methyl sites for hydroxylation is 1. The Morgan fingerprint density at radius 1 is 1.11 bits per heavy atom. The average Bonchev–Trinajstić information content (AvgIpc) is 3.02. The number of carbonyl (C=O) groups is 2. The lowest BCUT2D eigenvalue weighted by molar-refractivity contribution is -0.385. The highest BCUT2D eigenvalue weighted by Crippen LogP contribution is 2.36. The Morgan fingerprint density at radius 3 is 2.48 bits per heavy atom. The zero-order valence-corrected chi connectivity index (χ0v) is 28.9. The molecule has 46 heavy (non-hydrogen) atoms. The van der Waals surface area contributed by atoms with Crippen LogP contribution in [0.15, 0.2) is 70.0 Å². The van der Waals surface area contributed by atoms with Crippen molar-refractivity contribution in [1.29, 1.82) is 0 Å². The number of benzene rings is 3. The van der Waals surface area contributed by atoms with Gasteiger partial charge in [0.15, 0.2) is 0 Å². The van der Waals surface area contributed by atoms with Gasteiger partial charge in [-0.3, -0.25) is 24.0 Å². The van der Waals surface area contributed by atoms with Crippen LogP contribution in [0.1, 0.15) is 50.2 Å². The molecule has 11 nitrogen and oxygen atoms in total. The van der Waals surface area contributed by atoms with Crippen LogP contribution in [0.25, 0.3) is 0 Å². The van der Waals surface area contributed by atoms with Crippen molar-refractivity contribution < 1.29 is 27.7 Å². The molecule has 3 aromatic rings. The van der Waals surface area contributed by atoms with Crippen LogP contribution in [0.4, 0.5) is 11.4 Å². The summed E-state index contributed by atoms with van der Waals surface area (Å²) >= 11 is 9.73. The zero-order valence-electron chi connectivity index (χ0n) is 25.7. The highest BCUT2D eigenvalue weighted by molar-refractivity contribution is 9.10. The number of amides is 2. The maximum absolute atomic E-state index is 14.3. The minimum Gasteiger partial charge on any atom is -0.495 e. The van der Waals surface area contributed by atoms with E-state index in [1.165, 1.54) is 49.3 Å². The summed E-state index contributed by atoms with van der Waals surface area (Å²) in [6, 6.07) is 14.1. The lowest BCUT2D eigenvalue weighted by Gasteiger charge is -2.33. The van der Waals surface area contributed by atoms with Crippen LogP contribution in [-0.4, -0.2) is 55.8 Å². The molecule has 0 heterocycles. The van der Waals surface area contributed by atoms with Gasteiger partial charge >= 0.3 is 0 Å². The molecule has 1 atom stereocenters. The van der Waals surface area contributed by atoms with Crippen LogP contribution in [0.5, 0.6) is 5.75 Å². The third kappa shape index (κ3) is 8.37. The molecule has 1 aliphatic carbocycles. The number of nitro benzene ring substituents is 1. The second kappa shape index (κ2) is 15.3. The summed E-state index contributed by atoms with van der Waals surface area (Å²) in [4.78, 5) is 39.8. The number of methoxy groups -OCH3 is 1. The largest absolute Gasteiger partial charge is 0.495 e. The molecule has 1 N–H and O–H groups in total. The van der Waals surface area contributed by atoms with Gasteiger partial charge in [-0.2, -0.15) is 0 Å². The maximum atomic E-state index is 14.3. The molecule has 1 aliphatic rings. The minimum absolute atomic E-state index is 0.00329. The third-order valence-electron chi connectivity index (χ3n) is 8.01. The fraction of sp³-hybridized carbons (Fsp3) is 0.375. The van der Waals surface area contributed by atoms with Gasteiger partial charge in [0.05, 0.1) is 22.6 Å². The molecule has 0 aliphatic heterocycles. The Morgan fingerprint density at radius 2 is 1.83 bits per heavy atom. The normalized spacial score (nSPS) is 14.3. The molecule has 0 bridgehead atoms. The summed E-state index contributed by atoms with van der Waals surface area (Å²) in [6.07, 6.45) is 4.82. The molecule has 0 radical (unpaired) electrons. The van der Waals surface area contributed by atoms with Crippen molar-refractivity contribution in [3.8, 4) is 5.75 Å². The van der Waals surface area contributed by atoms with E-state index in [1.807, 2.05) is 12.1 Å². The Bertz CT molecular complexity index is 1720. The topological polar surface area (TPSA) is 139 Å². The molecule has 0 unspecified atom stereocenters. The van der Waals surface area contributed by atoms with Gasteiger partial charge in [-0.25, -0.2) is 8.42 Å². The lowest BCUT2D eigenvalue weighted by atomic mass is 9.95. The smallest absolute Gasteiger partial charge is 0.273 e. The van der Waals surface area contributed by atoms with Crippen LogP contribution < -0.4 is 14.4 Å². The van der Waals surface area contributed by atoms with Crippen molar-refractivity contribution in [2.45, 2.75) is 69.5 Å². The Hall–Kier alpha value is -3.68. The van der Waals surface area contributed by atoms with E-state index >= 15 is 0 Å². The van der Waals surface area contributed by atoms with Crippen molar-refractivity contribution in [2.24, 2.45) is 0 Å². The van der Waals surface area contributed by atoms with E-state index in [4.69, 9.17) is 16.3 Å². The summed E-state index contributed by atoms with van der Waals surface area (Å²) < 4.78 is 35.6. The second-order valence-electron chi connectivity index (χ2n) is 11.2. The van der Waals surface area contributed by atoms with Gasteiger partial charge in [-0.15, -0.1) is 0 Å². The van der Waals surface area contributed by atoms with E-state index in [2.05, 4.69) is 21.2 Å². The number of nitrogens with zero attached hydrogens (tertiary/aromatic N) is 3. The number of ether oxygens (including phenoxy) is 1. The third-order valence-corrected chi connectivity index (χ3v) is 10.5. The maximum Gasteiger partial charge on any atom is 0.273 e. The lowest BCUT2D eigenvalue weighted by Crippen LogP contribution is -2.53. The summed E-state index contributed by atoms with van der Waals surface area (Å²) in [5.41, 5.74) is 0.539. The van der Waals surface area contributed by atoms with Crippen molar-refractivity contribution in [1.82, 2.24) is 10.2 Å². The first-order valence-corrected chi connectivity index (χ1v) is 17.4. The molecule has 3 aromatic carbocycles.